The lowest BCUT2D eigenvalue weighted by atomic mass is 10.2. The Morgan fingerprint density at radius 3 is 2.74 bits per heavy atom. The zero-order valence-corrected chi connectivity index (χ0v) is 12.1. The quantitative estimate of drug-likeness (QED) is 0.868. The lowest BCUT2D eigenvalue weighted by Crippen LogP contribution is -2.40. The molecule has 1 saturated carbocycles. The van der Waals surface area contributed by atoms with Gasteiger partial charge in [-0.05, 0) is 31.9 Å². The number of nitrogens with zero attached hydrogens (tertiary/aromatic N) is 1. The van der Waals surface area contributed by atoms with Gasteiger partial charge in [0.15, 0.2) is 0 Å². The molecule has 1 aliphatic carbocycles. The van der Waals surface area contributed by atoms with Gasteiger partial charge >= 0.3 is 0 Å². The van der Waals surface area contributed by atoms with Crippen LogP contribution in [0, 0.1) is 0 Å². The van der Waals surface area contributed by atoms with E-state index in [1.165, 1.54) is 16.2 Å². The minimum atomic E-state index is -0.385. The first-order valence-electron chi connectivity index (χ1n) is 6.43. The van der Waals surface area contributed by atoms with Crippen molar-refractivity contribution in [3.8, 4) is 0 Å². The van der Waals surface area contributed by atoms with Crippen LogP contribution in [0.2, 0.25) is 4.34 Å². The Bertz CT molecular complexity index is 526. The number of nitrogens with one attached hydrogen (secondary N) is 1. The number of likely N-dealkylation sites (tertiary alicyclic amines) is 1. The van der Waals surface area contributed by atoms with Gasteiger partial charge in [-0.25, -0.2) is 0 Å². The highest BCUT2D eigenvalue weighted by Crippen LogP contribution is 2.33. The lowest BCUT2D eigenvalue weighted by molar-refractivity contribution is -0.139. The van der Waals surface area contributed by atoms with Crippen molar-refractivity contribution in [2.24, 2.45) is 0 Å². The Labute approximate surface area is 120 Å². The van der Waals surface area contributed by atoms with Crippen LogP contribution in [0.1, 0.15) is 37.1 Å². The molecule has 1 aliphatic heterocycles. The molecule has 1 saturated heterocycles. The average molecular weight is 299 g/mol. The van der Waals surface area contributed by atoms with E-state index in [0.29, 0.717) is 0 Å². The van der Waals surface area contributed by atoms with Crippen LogP contribution in [0.25, 0.3) is 0 Å². The summed E-state index contributed by atoms with van der Waals surface area (Å²) in [5.41, 5.74) is 0. The van der Waals surface area contributed by atoms with E-state index in [2.05, 4.69) is 5.32 Å². The van der Waals surface area contributed by atoms with Crippen molar-refractivity contribution in [2.75, 3.05) is 0 Å². The van der Waals surface area contributed by atoms with Gasteiger partial charge < -0.3 is 0 Å². The minimum Gasteiger partial charge on any atom is -0.298 e. The van der Waals surface area contributed by atoms with E-state index in [4.69, 9.17) is 11.6 Å². The number of thiophene rings is 1. The fourth-order valence-electron chi connectivity index (χ4n) is 2.44. The Morgan fingerprint density at radius 2 is 2.16 bits per heavy atom. The molecule has 19 heavy (non-hydrogen) atoms. The zero-order valence-electron chi connectivity index (χ0n) is 10.6. The Balaban J connectivity index is 1.67. The standard InChI is InChI=1S/C13H15ClN2O2S/c1-7(10-4-5-11(14)19-10)15-9-6-12(17)16(13(9)18)8-2-3-8/h4-5,7-9,15H,2-3,6H2,1H3. The number of imide groups is 1. The molecule has 1 N–H and O–H groups in total. The predicted octanol–water partition coefficient (Wildman–Crippen LogP) is 2.34. The molecule has 0 bridgehead atoms. The normalized spacial score (nSPS) is 25.2. The van der Waals surface area contributed by atoms with Gasteiger partial charge in [-0.1, -0.05) is 11.6 Å². The van der Waals surface area contributed by atoms with Crippen LogP contribution in [0.15, 0.2) is 12.1 Å². The van der Waals surface area contributed by atoms with Crippen molar-refractivity contribution in [3.05, 3.63) is 21.3 Å². The topological polar surface area (TPSA) is 49.4 Å². The van der Waals surface area contributed by atoms with Gasteiger partial charge in [-0.2, -0.15) is 0 Å². The summed E-state index contributed by atoms with van der Waals surface area (Å²) in [5.74, 6) is -0.108. The molecule has 0 spiro atoms. The van der Waals surface area contributed by atoms with Gasteiger partial charge in [0.2, 0.25) is 11.8 Å². The van der Waals surface area contributed by atoms with Gasteiger partial charge in [0, 0.05) is 17.0 Å². The van der Waals surface area contributed by atoms with Crippen LogP contribution in [-0.4, -0.2) is 28.8 Å². The largest absolute Gasteiger partial charge is 0.298 e. The number of halogens is 1. The van der Waals surface area contributed by atoms with Crippen LogP contribution >= 0.6 is 22.9 Å². The second-order valence-electron chi connectivity index (χ2n) is 5.12. The van der Waals surface area contributed by atoms with Crippen LogP contribution in [0.3, 0.4) is 0 Å². The molecule has 3 rings (SSSR count). The molecule has 4 nitrogen and oxygen atoms in total. The average Bonchev–Trinajstić information content (AvgIpc) is 3.02. The summed E-state index contributed by atoms with van der Waals surface area (Å²) in [6.07, 6.45) is 2.19. The summed E-state index contributed by atoms with van der Waals surface area (Å²) in [6.45, 7) is 1.99. The van der Waals surface area contributed by atoms with E-state index >= 15 is 0 Å². The summed E-state index contributed by atoms with van der Waals surface area (Å²) in [5, 5.41) is 3.24. The van der Waals surface area contributed by atoms with E-state index in [9.17, 15) is 9.59 Å². The Hall–Kier alpha value is -0.910. The second-order valence-corrected chi connectivity index (χ2v) is 6.87. The molecule has 2 fully saturated rings. The summed E-state index contributed by atoms with van der Waals surface area (Å²) in [6, 6.07) is 3.60. The third-order valence-corrected chi connectivity index (χ3v) is 4.98. The molecule has 2 amide bonds. The van der Waals surface area contributed by atoms with Gasteiger partial charge in [-0.3, -0.25) is 19.8 Å². The lowest BCUT2D eigenvalue weighted by Gasteiger charge is -2.18. The SMILES string of the molecule is CC(NC1CC(=O)N(C2CC2)C1=O)c1ccc(Cl)s1. The molecule has 2 unspecified atom stereocenters. The molecule has 1 aromatic heterocycles. The molecule has 0 radical (unpaired) electrons. The maximum atomic E-state index is 12.2. The maximum absolute atomic E-state index is 12.2. The number of hydrogen-bond acceptors (Lipinski definition) is 4. The number of carbonyl (C=O) groups is 2. The summed E-state index contributed by atoms with van der Waals surface area (Å²) in [4.78, 5) is 26.6. The van der Waals surface area contributed by atoms with Crippen molar-refractivity contribution < 1.29 is 9.59 Å². The summed E-state index contributed by atoms with van der Waals surface area (Å²) in [7, 11) is 0. The van der Waals surface area contributed by atoms with Gasteiger partial charge in [0.25, 0.3) is 0 Å². The molecular formula is C13H15ClN2O2S. The van der Waals surface area contributed by atoms with E-state index in [1.807, 2.05) is 19.1 Å². The minimum absolute atomic E-state index is 0.0263. The number of carbonyl (C=O) groups excluding carboxylic acids is 2. The van der Waals surface area contributed by atoms with Crippen molar-refractivity contribution in [1.29, 1.82) is 0 Å². The Kier molecular flexibility index (Phi) is 3.37. The first-order chi connectivity index (χ1) is 9.06. The predicted molar refractivity (Wildman–Crippen MR) is 74.2 cm³/mol. The molecule has 6 heteroatoms. The molecule has 2 atom stereocenters. The maximum Gasteiger partial charge on any atom is 0.247 e. The third kappa shape index (κ3) is 2.55. The van der Waals surface area contributed by atoms with Gasteiger partial charge in [0.05, 0.1) is 16.8 Å². The zero-order chi connectivity index (χ0) is 13.6. The van der Waals surface area contributed by atoms with Crippen molar-refractivity contribution in [2.45, 2.75) is 44.3 Å². The van der Waals surface area contributed by atoms with Crippen LogP contribution in [0.4, 0.5) is 0 Å². The molecule has 1 aromatic rings. The van der Waals surface area contributed by atoms with Crippen molar-refractivity contribution >= 4 is 34.8 Å². The van der Waals surface area contributed by atoms with Crippen molar-refractivity contribution in [3.63, 3.8) is 0 Å². The Morgan fingerprint density at radius 1 is 1.42 bits per heavy atom. The molecule has 2 aliphatic rings. The number of hydrogen-bond donors (Lipinski definition) is 1. The van der Waals surface area contributed by atoms with Crippen molar-refractivity contribution in [1.82, 2.24) is 10.2 Å². The van der Waals surface area contributed by atoms with Gasteiger partial charge in [0.1, 0.15) is 0 Å². The molecule has 0 aromatic carbocycles. The van der Waals surface area contributed by atoms with Crippen LogP contribution < -0.4 is 5.32 Å². The highest BCUT2D eigenvalue weighted by Gasteiger charge is 2.46. The van der Waals surface area contributed by atoms with Gasteiger partial charge in [-0.15, -0.1) is 11.3 Å². The number of amides is 2. The summed E-state index contributed by atoms with van der Waals surface area (Å²) >= 11 is 7.40. The molecule has 2 heterocycles. The highest BCUT2D eigenvalue weighted by molar-refractivity contribution is 7.16. The van der Waals surface area contributed by atoms with Crippen LogP contribution in [0.5, 0.6) is 0 Å². The van der Waals surface area contributed by atoms with E-state index < -0.39 is 0 Å². The van der Waals surface area contributed by atoms with E-state index in [0.717, 1.165) is 22.1 Å². The smallest absolute Gasteiger partial charge is 0.247 e. The number of rotatable bonds is 4. The van der Waals surface area contributed by atoms with E-state index in [-0.39, 0.29) is 36.4 Å². The molecular weight excluding hydrogens is 284 g/mol. The fraction of sp³-hybridized carbons (Fsp3) is 0.538. The summed E-state index contributed by atoms with van der Waals surface area (Å²) < 4.78 is 0.733. The molecule has 102 valence electrons. The first-order valence-corrected chi connectivity index (χ1v) is 7.63. The monoisotopic (exact) mass is 298 g/mol. The van der Waals surface area contributed by atoms with E-state index in [1.54, 1.807) is 0 Å². The van der Waals surface area contributed by atoms with Crippen LogP contribution in [-0.2, 0) is 9.59 Å². The second kappa shape index (κ2) is 4.89. The first kappa shape index (κ1) is 13.1. The fourth-order valence-corrected chi connectivity index (χ4v) is 3.51. The third-order valence-electron chi connectivity index (χ3n) is 3.57. The highest BCUT2D eigenvalue weighted by atomic mass is 35.5.